The summed E-state index contributed by atoms with van der Waals surface area (Å²) in [5, 5.41) is 5.75. The zero-order chi connectivity index (χ0) is 18.8. The van der Waals surface area contributed by atoms with Gasteiger partial charge < -0.3 is 4.74 Å². The van der Waals surface area contributed by atoms with E-state index < -0.39 is 0 Å². The first-order chi connectivity index (χ1) is 13.2. The first kappa shape index (κ1) is 17.7. The normalized spacial score (nSPS) is 10.8. The smallest absolute Gasteiger partial charge is 0.118 e. The second-order valence-corrected chi connectivity index (χ2v) is 6.85. The van der Waals surface area contributed by atoms with Gasteiger partial charge in [0.1, 0.15) is 5.75 Å². The van der Waals surface area contributed by atoms with Crippen molar-refractivity contribution in [1.82, 2.24) is 9.78 Å². The molecule has 0 N–H and O–H groups in total. The van der Waals surface area contributed by atoms with E-state index in [1.54, 1.807) is 13.3 Å². The van der Waals surface area contributed by atoms with Gasteiger partial charge in [-0.1, -0.05) is 65.7 Å². The van der Waals surface area contributed by atoms with Gasteiger partial charge in [-0.05, 0) is 35.9 Å². The lowest BCUT2D eigenvalue weighted by Crippen LogP contribution is -2.01. The molecule has 0 aliphatic carbocycles. The number of ether oxygens (including phenoxy) is 1. The molecule has 0 spiro atoms. The molecule has 1 heterocycles. The van der Waals surface area contributed by atoms with E-state index in [4.69, 9.17) is 27.9 Å². The molecule has 4 rings (SSSR count). The van der Waals surface area contributed by atoms with Crippen molar-refractivity contribution in [3.63, 3.8) is 0 Å². The first-order valence-electron chi connectivity index (χ1n) is 8.40. The zero-order valence-corrected chi connectivity index (χ0v) is 16.1. The van der Waals surface area contributed by atoms with Crippen LogP contribution in [0.3, 0.4) is 0 Å². The minimum absolute atomic E-state index is 0.571. The van der Waals surface area contributed by atoms with Crippen LogP contribution in [0.4, 0.5) is 0 Å². The summed E-state index contributed by atoms with van der Waals surface area (Å²) in [6, 6.07) is 23.6. The van der Waals surface area contributed by atoms with Gasteiger partial charge in [0, 0.05) is 16.1 Å². The van der Waals surface area contributed by atoms with Crippen LogP contribution < -0.4 is 4.74 Å². The van der Waals surface area contributed by atoms with Gasteiger partial charge in [-0.15, -0.1) is 0 Å². The Labute approximate surface area is 167 Å². The van der Waals surface area contributed by atoms with Crippen LogP contribution in [0.5, 0.6) is 5.75 Å². The third-order valence-corrected chi connectivity index (χ3v) is 4.87. The number of methoxy groups -OCH3 is 1. The number of halogens is 2. The SMILES string of the molecule is COc1ccc(-c2ccccc2-n2ncc(Cl)c2-c2cccc(Cl)c2)cc1. The summed E-state index contributed by atoms with van der Waals surface area (Å²) in [7, 11) is 1.66. The number of hydrogen-bond donors (Lipinski definition) is 0. The van der Waals surface area contributed by atoms with Crippen LogP contribution in [0.25, 0.3) is 28.1 Å². The predicted octanol–water partition coefficient (Wildman–Crippen LogP) is 6.52. The van der Waals surface area contributed by atoms with Crippen LogP contribution in [0.1, 0.15) is 0 Å². The number of hydrogen-bond acceptors (Lipinski definition) is 2. The second-order valence-electron chi connectivity index (χ2n) is 6.01. The molecule has 0 saturated heterocycles. The molecule has 0 unspecified atom stereocenters. The minimum Gasteiger partial charge on any atom is -0.497 e. The predicted molar refractivity (Wildman–Crippen MR) is 111 cm³/mol. The Morgan fingerprint density at radius 1 is 0.852 bits per heavy atom. The zero-order valence-electron chi connectivity index (χ0n) is 14.6. The highest BCUT2D eigenvalue weighted by Gasteiger charge is 2.16. The summed E-state index contributed by atoms with van der Waals surface area (Å²) in [6.07, 6.45) is 1.66. The quantitative estimate of drug-likeness (QED) is 0.393. The Kier molecular flexibility index (Phi) is 4.88. The van der Waals surface area contributed by atoms with E-state index in [1.165, 1.54) is 0 Å². The summed E-state index contributed by atoms with van der Waals surface area (Å²) >= 11 is 12.7. The third kappa shape index (κ3) is 3.44. The Hall–Kier alpha value is -2.75. The molecule has 134 valence electrons. The molecule has 0 aliphatic heterocycles. The van der Waals surface area contributed by atoms with Gasteiger partial charge >= 0.3 is 0 Å². The number of nitrogens with zero attached hydrogens (tertiary/aromatic N) is 2. The van der Waals surface area contributed by atoms with Crippen molar-refractivity contribution in [2.75, 3.05) is 7.11 Å². The van der Waals surface area contributed by atoms with E-state index in [2.05, 4.69) is 11.2 Å². The molecule has 0 saturated carbocycles. The lowest BCUT2D eigenvalue weighted by atomic mass is 10.0. The summed E-state index contributed by atoms with van der Waals surface area (Å²) in [4.78, 5) is 0. The van der Waals surface area contributed by atoms with Gasteiger partial charge in [0.15, 0.2) is 0 Å². The standard InChI is InChI=1S/C22H16Cl2N2O/c1-27-18-11-9-15(10-12-18)19-7-2-3-8-21(19)26-22(20(24)14-25-26)16-5-4-6-17(23)13-16/h2-14H,1H3. The topological polar surface area (TPSA) is 27.1 Å². The molecule has 3 aromatic carbocycles. The van der Waals surface area contributed by atoms with Crippen molar-refractivity contribution in [2.45, 2.75) is 0 Å². The highest BCUT2D eigenvalue weighted by molar-refractivity contribution is 6.33. The average molecular weight is 395 g/mol. The van der Waals surface area contributed by atoms with E-state index in [9.17, 15) is 0 Å². The van der Waals surface area contributed by atoms with Crippen molar-refractivity contribution in [2.24, 2.45) is 0 Å². The number of benzene rings is 3. The van der Waals surface area contributed by atoms with Gasteiger partial charge in [0.05, 0.1) is 29.7 Å². The number of para-hydroxylation sites is 1. The van der Waals surface area contributed by atoms with E-state index in [0.717, 1.165) is 33.8 Å². The second kappa shape index (κ2) is 7.47. The number of aromatic nitrogens is 2. The molecule has 0 radical (unpaired) electrons. The fourth-order valence-electron chi connectivity index (χ4n) is 3.08. The monoisotopic (exact) mass is 394 g/mol. The van der Waals surface area contributed by atoms with Gasteiger partial charge in [0.25, 0.3) is 0 Å². The highest BCUT2D eigenvalue weighted by Crippen LogP contribution is 2.35. The van der Waals surface area contributed by atoms with Crippen molar-refractivity contribution >= 4 is 23.2 Å². The molecule has 0 amide bonds. The molecule has 0 aliphatic rings. The fourth-order valence-corrected chi connectivity index (χ4v) is 3.50. The maximum Gasteiger partial charge on any atom is 0.118 e. The van der Waals surface area contributed by atoms with Crippen LogP contribution in [0, 0.1) is 0 Å². The van der Waals surface area contributed by atoms with Crippen molar-refractivity contribution in [1.29, 1.82) is 0 Å². The van der Waals surface area contributed by atoms with Gasteiger partial charge in [-0.3, -0.25) is 0 Å². The molecule has 0 bridgehead atoms. The van der Waals surface area contributed by atoms with E-state index in [-0.39, 0.29) is 0 Å². The molecular weight excluding hydrogens is 379 g/mol. The van der Waals surface area contributed by atoms with Crippen LogP contribution in [-0.2, 0) is 0 Å². The van der Waals surface area contributed by atoms with Crippen LogP contribution in [-0.4, -0.2) is 16.9 Å². The first-order valence-corrected chi connectivity index (χ1v) is 9.16. The van der Waals surface area contributed by atoms with Crippen LogP contribution in [0.15, 0.2) is 79.0 Å². The van der Waals surface area contributed by atoms with Gasteiger partial charge in [-0.25, -0.2) is 4.68 Å². The maximum atomic E-state index is 6.48. The Bertz CT molecular complexity index is 1090. The van der Waals surface area contributed by atoms with Crippen LogP contribution >= 0.6 is 23.2 Å². The highest BCUT2D eigenvalue weighted by atomic mass is 35.5. The molecule has 0 fully saturated rings. The lowest BCUT2D eigenvalue weighted by molar-refractivity contribution is 0.415. The summed E-state index contributed by atoms with van der Waals surface area (Å²) in [6.45, 7) is 0. The molecule has 27 heavy (non-hydrogen) atoms. The molecule has 1 aromatic heterocycles. The summed E-state index contributed by atoms with van der Waals surface area (Å²) < 4.78 is 7.12. The maximum absolute atomic E-state index is 6.48. The lowest BCUT2D eigenvalue weighted by Gasteiger charge is -2.14. The summed E-state index contributed by atoms with van der Waals surface area (Å²) in [5.74, 6) is 0.818. The average Bonchev–Trinajstić information content (AvgIpc) is 3.09. The third-order valence-electron chi connectivity index (χ3n) is 4.36. The van der Waals surface area contributed by atoms with Crippen molar-refractivity contribution in [3.8, 4) is 33.8 Å². The largest absolute Gasteiger partial charge is 0.497 e. The van der Waals surface area contributed by atoms with Crippen LogP contribution in [0.2, 0.25) is 10.0 Å². The van der Waals surface area contributed by atoms with Crippen molar-refractivity contribution in [3.05, 3.63) is 89.0 Å². The Morgan fingerprint density at radius 3 is 2.37 bits per heavy atom. The van der Waals surface area contributed by atoms with E-state index in [1.807, 2.05) is 71.4 Å². The molecule has 5 heteroatoms. The number of rotatable bonds is 4. The Balaban J connectivity index is 1.88. The molecule has 0 atom stereocenters. The van der Waals surface area contributed by atoms with E-state index in [0.29, 0.717) is 10.0 Å². The van der Waals surface area contributed by atoms with Gasteiger partial charge in [0.2, 0.25) is 0 Å². The van der Waals surface area contributed by atoms with Gasteiger partial charge in [-0.2, -0.15) is 5.10 Å². The van der Waals surface area contributed by atoms with Crippen molar-refractivity contribution < 1.29 is 4.74 Å². The molecular formula is C22H16Cl2N2O. The van der Waals surface area contributed by atoms with E-state index >= 15 is 0 Å². The molecule has 4 aromatic rings. The molecule has 3 nitrogen and oxygen atoms in total. The fraction of sp³-hybridized carbons (Fsp3) is 0.0455. The minimum atomic E-state index is 0.571. The summed E-state index contributed by atoms with van der Waals surface area (Å²) in [5.41, 5.74) is 4.76. The Morgan fingerprint density at radius 2 is 1.63 bits per heavy atom.